The fraction of sp³-hybridized carbons (Fsp3) is 0.562. The number of sulfonamides is 1. The summed E-state index contributed by atoms with van der Waals surface area (Å²) in [4.78, 5) is 13.6. The fourth-order valence-corrected chi connectivity index (χ4v) is 3.05. The first-order valence-corrected chi connectivity index (χ1v) is 9.62. The average Bonchev–Trinajstić information content (AvgIpc) is 2.48. The number of rotatable bonds is 9. The second kappa shape index (κ2) is 8.76. The van der Waals surface area contributed by atoms with E-state index in [0.717, 1.165) is 18.5 Å². The molecule has 0 heterocycles. The van der Waals surface area contributed by atoms with Crippen LogP contribution in [0.2, 0.25) is 0 Å². The zero-order valence-corrected chi connectivity index (χ0v) is 15.2. The maximum absolute atomic E-state index is 12.0. The lowest BCUT2D eigenvalue weighted by Crippen LogP contribution is -2.38. The standard InChI is InChI=1S/C16H27N3O3S/c1-5-6-7-16(20)17-12-13-19(23(4,21)22)15-10-8-14(9-11-15)18(2)3/h8-11H,5-7,12-13H2,1-4H3,(H,17,20). The summed E-state index contributed by atoms with van der Waals surface area (Å²) >= 11 is 0. The van der Waals surface area contributed by atoms with Crippen LogP contribution in [0.5, 0.6) is 0 Å². The summed E-state index contributed by atoms with van der Waals surface area (Å²) in [6.07, 6.45) is 3.45. The van der Waals surface area contributed by atoms with Crippen LogP contribution in [0.1, 0.15) is 26.2 Å². The number of anilines is 2. The van der Waals surface area contributed by atoms with Crippen molar-refractivity contribution >= 4 is 27.3 Å². The van der Waals surface area contributed by atoms with Crippen LogP contribution in [0.3, 0.4) is 0 Å². The van der Waals surface area contributed by atoms with Gasteiger partial charge in [-0.1, -0.05) is 13.3 Å². The highest BCUT2D eigenvalue weighted by Gasteiger charge is 2.17. The van der Waals surface area contributed by atoms with E-state index in [2.05, 4.69) is 5.32 Å². The predicted octanol–water partition coefficient (Wildman–Crippen LogP) is 1.83. The van der Waals surface area contributed by atoms with Gasteiger partial charge in [0.05, 0.1) is 18.5 Å². The Morgan fingerprint density at radius 2 is 1.70 bits per heavy atom. The molecule has 6 nitrogen and oxygen atoms in total. The number of carbonyl (C=O) groups is 1. The summed E-state index contributed by atoms with van der Waals surface area (Å²) in [5.74, 6) is -0.0387. The number of nitrogens with zero attached hydrogens (tertiary/aromatic N) is 2. The van der Waals surface area contributed by atoms with E-state index in [1.54, 1.807) is 12.1 Å². The molecule has 7 heteroatoms. The van der Waals surface area contributed by atoms with Gasteiger partial charge in [-0.15, -0.1) is 0 Å². The Kier molecular flexibility index (Phi) is 7.35. The summed E-state index contributed by atoms with van der Waals surface area (Å²) < 4.78 is 25.3. The second-order valence-electron chi connectivity index (χ2n) is 5.70. The zero-order valence-electron chi connectivity index (χ0n) is 14.4. The van der Waals surface area contributed by atoms with Gasteiger partial charge < -0.3 is 10.2 Å². The van der Waals surface area contributed by atoms with Gasteiger partial charge in [0.15, 0.2) is 0 Å². The Balaban J connectivity index is 2.72. The highest BCUT2D eigenvalue weighted by Crippen LogP contribution is 2.21. The molecule has 0 fully saturated rings. The van der Waals surface area contributed by atoms with Crippen LogP contribution in [0.15, 0.2) is 24.3 Å². The topological polar surface area (TPSA) is 69.7 Å². The van der Waals surface area contributed by atoms with Crippen molar-refractivity contribution in [1.82, 2.24) is 5.32 Å². The molecule has 0 aliphatic heterocycles. The SMILES string of the molecule is CCCCC(=O)NCCN(c1ccc(N(C)C)cc1)S(C)(=O)=O. The van der Waals surface area contributed by atoms with Crippen molar-refractivity contribution < 1.29 is 13.2 Å². The van der Waals surface area contributed by atoms with E-state index < -0.39 is 10.0 Å². The third-order valence-electron chi connectivity index (χ3n) is 3.45. The van der Waals surface area contributed by atoms with Crippen molar-refractivity contribution in [3.8, 4) is 0 Å². The molecule has 1 aromatic carbocycles. The summed E-state index contributed by atoms with van der Waals surface area (Å²) in [7, 11) is 0.454. The maximum Gasteiger partial charge on any atom is 0.232 e. The summed E-state index contributed by atoms with van der Waals surface area (Å²) in [6, 6.07) is 7.28. The first-order chi connectivity index (χ1) is 10.8. The zero-order chi connectivity index (χ0) is 17.5. The van der Waals surface area contributed by atoms with Crippen LogP contribution in [0, 0.1) is 0 Å². The lowest BCUT2D eigenvalue weighted by molar-refractivity contribution is -0.121. The van der Waals surface area contributed by atoms with Gasteiger partial charge in [-0.05, 0) is 30.7 Å². The normalized spacial score (nSPS) is 11.1. The molecule has 0 saturated carbocycles. The van der Waals surface area contributed by atoms with Crippen molar-refractivity contribution in [2.75, 3.05) is 42.6 Å². The Labute approximate surface area is 139 Å². The monoisotopic (exact) mass is 341 g/mol. The van der Waals surface area contributed by atoms with Crippen LogP contribution in [-0.4, -0.2) is 47.8 Å². The van der Waals surface area contributed by atoms with Gasteiger partial charge in [-0.2, -0.15) is 0 Å². The van der Waals surface area contributed by atoms with Crippen molar-refractivity contribution in [3.05, 3.63) is 24.3 Å². The van der Waals surface area contributed by atoms with Crippen LogP contribution in [-0.2, 0) is 14.8 Å². The molecule has 0 unspecified atom stereocenters. The first kappa shape index (κ1) is 19.3. The molecule has 0 radical (unpaired) electrons. The molecule has 130 valence electrons. The van der Waals surface area contributed by atoms with E-state index in [-0.39, 0.29) is 12.5 Å². The van der Waals surface area contributed by atoms with Crippen molar-refractivity contribution in [2.24, 2.45) is 0 Å². The number of benzene rings is 1. The molecule has 0 atom stereocenters. The number of carbonyl (C=O) groups excluding carboxylic acids is 1. The molecule has 0 aliphatic carbocycles. The minimum Gasteiger partial charge on any atom is -0.378 e. The summed E-state index contributed by atoms with van der Waals surface area (Å²) in [6.45, 7) is 2.54. The van der Waals surface area contributed by atoms with Gasteiger partial charge in [0.1, 0.15) is 0 Å². The van der Waals surface area contributed by atoms with Crippen molar-refractivity contribution in [3.63, 3.8) is 0 Å². The molecule has 0 aliphatic rings. The van der Waals surface area contributed by atoms with Crippen LogP contribution in [0.25, 0.3) is 0 Å². The van der Waals surface area contributed by atoms with Gasteiger partial charge in [-0.3, -0.25) is 9.10 Å². The first-order valence-electron chi connectivity index (χ1n) is 7.77. The Morgan fingerprint density at radius 3 is 2.17 bits per heavy atom. The molecule has 0 bridgehead atoms. The maximum atomic E-state index is 12.0. The minimum absolute atomic E-state index is 0.0387. The van der Waals surface area contributed by atoms with Gasteiger partial charge in [0.2, 0.25) is 15.9 Å². The number of amides is 1. The fourth-order valence-electron chi connectivity index (χ4n) is 2.13. The molecule has 1 N–H and O–H groups in total. The van der Waals surface area contributed by atoms with Gasteiger partial charge in [0, 0.05) is 32.7 Å². The summed E-state index contributed by atoms with van der Waals surface area (Å²) in [5.41, 5.74) is 1.59. The molecule has 0 saturated heterocycles. The minimum atomic E-state index is -3.40. The molecular formula is C16H27N3O3S. The van der Waals surface area contributed by atoms with Crippen molar-refractivity contribution in [1.29, 1.82) is 0 Å². The number of hydrogen-bond acceptors (Lipinski definition) is 4. The van der Waals surface area contributed by atoms with E-state index in [9.17, 15) is 13.2 Å². The number of unbranched alkanes of at least 4 members (excludes halogenated alkanes) is 1. The van der Waals surface area contributed by atoms with Gasteiger partial charge >= 0.3 is 0 Å². The molecule has 23 heavy (non-hydrogen) atoms. The number of hydrogen-bond donors (Lipinski definition) is 1. The van der Waals surface area contributed by atoms with Crippen LogP contribution in [0.4, 0.5) is 11.4 Å². The van der Waals surface area contributed by atoms with Gasteiger partial charge in [0.25, 0.3) is 0 Å². The van der Waals surface area contributed by atoms with E-state index in [0.29, 0.717) is 18.7 Å². The third kappa shape index (κ3) is 6.48. The Bertz CT molecular complexity index is 598. The third-order valence-corrected chi connectivity index (χ3v) is 4.64. The van der Waals surface area contributed by atoms with Crippen LogP contribution >= 0.6 is 0 Å². The molecule has 0 aromatic heterocycles. The Morgan fingerprint density at radius 1 is 1.13 bits per heavy atom. The average molecular weight is 341 g/mol. The predicted molar refractivity (Wildman–Crippen MR) is 95.5 cm³/mol. The van der Waals surface area contributed by atoms with E-state index >= 15 is 0 Å². The van der Waals surface area contributed by atoms with Gasteiger partial charge in [-0.25, -0.2) is 8.42 Å². The molecule has 1 amide bonds. The van der Waals surface area contributed by atoms with Crippen LogP contribution < -0.4 is 14.5 Å². The van der Waals surface area contributed by atoms with Crippen molar-refractivity contribution in [2.45, 2.75) is 26.2 Å². The summed E-state index contributed by atoms with van der Waals surface area (Å²) in [5, 5.41) is 2.77. The quantitative estimate of drug-likeness (QED) is 0.744. The smallest absolute Gasteiger partial charge is 0.232 e. The Hall–Kier alpha value is -1.76. The van der Waals surface area contributed by atoms with E-state index in [1.807, 2.05) is 38.1 Å². The second-order valence-corrected chi connectivity index (χ2v) is 7.61. The molecule has 1 rings (SSSR count). The largest absolute Gasteiger partial charge is 0.378 e. The number of nitrogens with one attached hydrogen (secondary N) is 1. The highest BCUT2D eigenvalue weighted by atomic mass is 32.2. The molecular weight excluding hydrogens is 314 g/mol. The van der Waals surface area contributed by atoms with E-state index in [4.69, 9.17) is 0 Å². The highest BCUT2D eigenvalue weighted by molar-refractivity contribution is 7.92. The lowest BCUT2D eigenvalue weighted by atomic mass is 10.2. The lowest BCUT2D eigenvalue weighted by Gasteiger charge is -2.23. The van der Waals surface area contributed by atoms with E-state index in [1.165, 1.54) is 10.6 Å². The molecule has 1 aromatic rings. The molecule has 0 spiro atoms.